The molecule has 182 valence electrons. The Labute approximate surface area is 214 Å². The Balaban J connectivity index is 1.38. The number of ether oxygens (including phenoxy) is 1. The highest BCUT2D eigenvalue weighted by Crippen LogP contribution is 2.54. The molecule has 1 amide bonds. The van der Waals surface area contributed by atoms with E-state index in [0.717, 1.165) is 66.1 Å². The van der Waals surface area contributed by atoms with E-state index in [1.54, 1.807) is 23.5 Å². The zero-order valence-electron chi connectivity index (χ0n) is 19.6. The molecule has 7 heteroatoms. The molecule has 1 aromatic carbocycles. The highest BCUT2D eigenvalue weighted by molar-refractivity contribution is 9.10. The minimum Gasteiger partial charge on any atom is -0.508 e. The Morgan fingerprint density at radius 3 is 2.88 bits per heavy atom. The Morgan fingerprint density at radius 2 is 2.18 bits per heavy atom. The van der Waals surface area contributed by atoms with Crippen LogP contribution >= 0.6 is 27.3 Å². The lowest BCUT2D eigenvalue weighted by Gasteiger charge is -2.60. The number of carbonyl (C=O) groups is 1. The number of rotatable bonds is 7. The van der Waals surface area contributed by atoms with E-state index in [1.165, 1.54) is 12.8 Å². The number of piperidine rings is 1. The van der Waals surface area contributed by atoms with Crippen molar-refractivity contribution in [3.8, 4) is 5.75 Å². The first kappa shape index (κ1) is 24.0. The fourth-order valence-corrected chi connectivity index (χ4v) is 7.50. The molecule has 0 radical (unpaired) electrons. The Hall–Kier alpha value is -1.67. The number of hydrogen-bond donors (Lipinski definition) is 2. The van der Waals surface area contributed by atoms with E-state index in [2.05, 4.69) is 32.2 Å². The first-order valence-corrected chi connectivity index (χ1v) is 13.9. The molecule has 0 bridgehead atoms. The van der Waals surface area contributed by atoms with E-state index in [9.17, 15) is 9.90 Å². The SMILES string of the molecule is CO[C@]12CC[C@@H](NC(=O)C=Cc3cc(Br)cs3)C[C@]1(c1cccc(O)c1)CCN(CC1CC1)C2. The van der Waals surface area contributed by atoms with Crippen LogP contribution in [0.1, 0.15) is 49.0 Å². The molecule has 3 fully saturated rings. The molecule has 1 saturated heterocycles. The summed E-state index contributed by atoms with van der Waals surface area (Å²) in [7, 11) is 1.85. The normalized spacial score (nSPS) is 29.8. The molecule has 1 aromatic heterocycles. The van der Waals surface area contributed by atoms with Crippen molar-refractivity contribution in [1.82, 2.24) is 10.2 Å². The van der Waals surface area contributed by atoms with Gasteiger partial charge in [0.2, 0.25) is 5.91 Å². The van der Waals surface area contributed by atoms with Crippen LogP contribution in [0.15, 0.2) is 46.3 Å². The fourth-order valence-electron chi connectivity index (χ4n) is 6.16. The maximum atomic E-state index is 12.8. The van der Waals surface area contributed by atoms with Crippen LogP contribution in [-0.4, -0.2) is 54.3 Å². The number of nitrogens with zero attached hydrogens (tertiary/aromatic N) is 1. The quantitative estimate of drug-likeness (QED) is 0.462. The summed E-state index contributed by atoms with van der Waals surface area (Å²) in [6.45, 7) is 3.08. The van der Waals surface area contributed by atoms with Crippen molar-refractivity contribution in [1.29, 1.82) is 0 Å². The molecule has 0 spiro atoms. The third kappa shape index (κ3) is 4.85. The topological polar surface area (TPSA) is 61.8 Å². The highest BCUT2D eigenvalue weighted by atomic mass is 79.9. The van der Waals surface area contributed by atoms with E-state index in [4.69, 9.17) is 4.74 Å². The van der Waals surface area contributed by atoms with Crippen LogP contribution in [-0.2, 0) is 14.9 Å². The molecule has 34 heavy (non-hydrogen) atoms. The highest BCUT2D eigenvalue weighted by Gasteiger charge is 2.59. The van der Waals surface area contributed by atoms with Gasteiger partial charge in [-0.3, -0.25) is 4.79 Å². The number of halogens is 1. The van der Waals surface area contributed by atoms with Gasteiger partial charge in [-0.25, -0.2) is 0 Å². The number of amides is 1. The molecular weight excluding hydrogens is 512 g/mol. The second-order valence-electron chi connectivity index (χ2n) is 10.2. The number of hydrogen-bond acceptors (Lipinski definition) is 5. The Morgan fingerprint density at radius 1 is 1.32 bits per heavy atom. The van der Waals surface area contributed by atoms with Gasteiger partial charge in [-0.05, 0) is 96.8 Å². The Bertz CT molecular complexity index is 1070. The van der Waals surface area contributed by atoms with Gasteiger partial charge in [0, 0.05) is 52.5 Å². The molecule has 3 aliphatic rings. The molecule has 0 unspecified atom stereocenters. The van der Waals surface area contributed by atoms with Crippen molar-refractivity contribution in [2.45, 2.75) is 55.6 Å². The first-order chi connectivity index (χ1) is 16.4. The van der Waals surface area contributed by atoms with Gasteiger partial charge in [-0.15, -0.1) is 11.3 Å². The van der Waals surface area contributed by atoms with Gasteiger partial charge in [0.05, 0.1) is 5.60 Å². The molecule has 5 rings (SSSR count). The molecule has 5 nitrogen and oxygen atoms in total. The number of fused-ring (bicyclic) bond motifs is 1. The van der Waals surface area contributed by atoms with Crippen molar-refractivity contribution < 1.29 is 14.6 Å². The minimum absolute atomic E-state index is 0.0586. The summed E-state index contributed by atoms with van der Waals surface area (Å²) < 4.78 is 7.45. The van der Waals surface area contributed by atoms with E-state index in [-0.39, 0.29) is 28.7 Å². The van der Waals surface area contributed by atoms with Crippen LogP contribution < -0.4 is 5.32 Å². The number of likely N-dealkylation sites (tertiary alicyclic amines) is 1. The maximum Gasteiger partial charge on any atom is 0.244 e. The number of phenolic OH excluding ortho intramolecular Hbond substituents is 1. The maximum absolute atomic E-state index is 12.8. The number of phenols is 1. The van der Waals surface area contributed by atoms with E-state index in [1.807, 2.05) is 36.8 Å². The van der Waals surface area contributed by atoms with E-state index >= 15 is 0 Å². The van der Waals surface area contributed by atoms with Crippen molar-refractivity contribution >= 4 is 39.2 Å². The lowest BCUT2D eigenvalue weighted by atomic mass is 9.55. The van der Waals surface area contributed by atoms with Crippen LogP contribution in [0.25, 0.3) is 6.08 Å². The molecular formula is C27H33BrN2O3S. The van der Waals surface area contributed by atoms with Crippen molar-refractivity contribution in [3.63, 3.8) is 0 Å². The first-order valence-electron chi connectivity index (χ1n) is 12.2. The second-order valence-corrected chi connectivity index (χ2v) is 12.1. The minimum atomic E-state index is -0.325. The summed E-state index contributed by atoms with van der Waals surface area (Å²) in [6.07, 6.45) is 9.73. The number of nitrogens with one attached hydrogen (secondary N) is 1. The van der Waals surface area contributed by atoms with Gasteiger partial charge in [-0.1, -0.05) is 12.1 Å². The second kappa shape index (κ2) is 9.76. The van der Waals surface area contributed by atoms with Gasteiger partial charge in [0.25, 0.3) is 0 Å². The summed E-state index contributed by atoms with van der Waals surface area (Å²) in [4.78, 5) is 16.4. The van der Waals surface area contributed by atoms with Crippen LogP contribution in [0.4, 0.5) is 0 Å². The van der Waals surface area contributed by atoms with Crippen LogP contribution in [0, 0.1) is 5.92 Å². The standard InChI is InChI=1S/C27H33BrN2O3S/c1-33-27-10-9-22(29-25(32)8-7-24-14-21(28)17-34-24)15-26(27,20-3-2-4-23(31)13-20)11-12-30(18-27)16-19-5-6-19/h2-4,7-8,13-14,17,19,22,31H,5-6,9-12,15-16,18H2,1H3,(H,29,32)/t22-,26+,27+/m1/s1. The lowest BCUT2D eigenvalue weighted by Crippen LogP contribution is -2.68. The third-order valence-corrected chi connectivity index (χ3v) is 9.69. The molecule has 3 atom stereocenters. The summed E-state index contributed by atoms with van der Waals surface area (Å²) in [6, 6.07) is 9.76. The number of carbonyl (C=O) groups excluding carboxylic acids is 1. The summed E-state index contributed by atoms with van der Waals surface area (Å²) in [5.74, 6) is 1.07. The van der Waals surface area contributed by atoms with Gasteiger partial charge < -0.3 is 20.1 Å². The lowest BCUT2D eigenvalue weighted by molar-refractivity contribution is -0.150. The fraction of sp³-hybridized carbons (Fsp3) is 0.519. The van der Waals surface area contributed by atoms with Gasteiger partial charge in [0.15, 0.2) is 0 Å². The smallest absolute Gasteiger partial charge is 0.244 e. The predicted molar refractivity (Wildman–Crippen MR) is 140 cm³/mol. The molecule has 2 aliphatic carbocycles. The molecule has 2 saturated carbocycles. The third-order valence-electron chi connectivity index (χ3n) is 8.03. The van der Waals surface area contributed by atoms with Crippen LogP contribution in [0.2, 0.25) is 0 Å². The average Bonchev–Trinajstić information content (AvgIpc) is 3.55. The van der Waals surface area contributed by atoms with Crippen molar-refractivity contribution in [3.05, 3.63) is 56.7 Å². The van der Waals surface area contributed by atoms with Crippen LogP contribution in [0.5, 0.6) is 5.75 Å². The van der Waals surface area contributed by atoms with Crippen molar-refractivity contribution in [2.75, 3.05) is 26.7 Å². The largest absolute Gasteiger partial charge is 0.508 e. The molecule has 1 aliphatic heterocycles. The Kier molecular flexibility index (Phi) is 6.90. The van der Waals surface area contributed by atoms with E-state index in [0.29, 0.717) is 0 Å². The van der Waals surface area contributed by atoms with Gasteiger partial charge in [-0.2, -0.15) is 0 Å². The molecule has 2 aromatic rings. The summed E-state index contributed by atoms with van der Waals surface area (Å²) >= 11 is 5.06. The molecule has 2 heterocycles. The number of thiophene rings is 1. The number of benzene rings is 1. The monoisotopic (exact) mass is 544 g/mol. The van der Waals surface area contributed by atoms with Crippen molar-refractivity contribution in [2.24, 2.45) is 5.92 Å². The average molecular weight is 546 g/mol. The van der Waals surface area contributed by atoms with Crippen LogP contribution in [0.3, 0.4) is 0 Å². The predicted octanol–water partition coefficient (Wildman–Crippen LogP) is 5.34. The van der Waals surface area contributed by atoms with Gasteiger partial charge in [0.1, 0.15) is 5.75 Å². The summed E-state index contributed by atoms with van der Waals surface area (Å²) in [5.41, 5.74) is 0.547. The van der Waals surface area contributed by atoms with Gasteiger partial charge >= 0.3 is 0 Å². The zero-order valence-corrected chi connectivity index (χ0v) is 22.0. The zero-order chi connectivity index (χ0) is 23.8. The number of methoxy groups -OCH3 is 1. The summed E-state index contributed by atoms with van der Waals surface area (Å²) in [5, 5.41) is 15.6. The number of aromatic hydroxyl groups is 1. The van der Waals surface area contributed by atoms with E-state index < -0.39 is 0 Å². The molecule has 2 N–H and O–H groups in total.